The van der Waals surface area contributed by atoms with Gasteiger partial charge in [-0.2, -0.15) is 0 Å². The van der Waals surface area contributed by atoms with Crippen LogP contribution in [0.15, 0.2) is 94.8 Å². The Hall–Kier alpha value is -5.69. The molecule has 2 atom stereocenters. The molecule has 4 N–H and O–H groups in total. The number of hydrogen-bond donors (Lipinski definition) is 4. The number of anilines is 3. The van der Waals surface area contributed by atoms with Crippen LogP contribution in [0.25, 0.3) is 11.0 Å². The average molecular weight is 635 g/mol. The smallest absolute Gasteiger partial charge is 0.410 e. The number of fused-ring (bicyclic) bond motifs is 1. The van der Waals surface area contributed by atoms with Gasteiger partial charge in [-0.25, -0.2) is 19.8 Å². The lowest BCUT2D eigenvalue weighted by atomic mass is 10.0. The number of H-pyrrole nitrogens is 1. The first-order chi connectivity index (χ1) is 22.9. The highest BCUT2D eigenvalue weighted by Gasteiger charge is 2.45. The van der Waals surface area contributed by atoms with Gasteiger partial charge in [-0.05, 0) is 29.7 Å². The second-order valence-electron chi connectivity index (χ2n) is 11.7. The maximum absolute atomic E-state index is 12.9. The van der Waals surface area contributed by atoms with Gasteiger partial charge in [-0.3, -0.25) is 14.6 Å². The standard InChI is InChI=1S/C34H34N8O5/c1-41-30-24(31(44)40-41)12-13-28(38-30)37-29-16-26(36-27(18-43)23-10-6-3-7-11-23)25(17-35-29)32-39-34(21-47-32)14-15-42(20-34)33(45)46-19-22-8-4-2-5-9-22/h2-13,16-17,27,43H,14-15,18-21H2,1H3,(H,40,44)(H2,35,36,37,38)/t27-,34+/m1/s1. The summed E-state index contributed by atoms with van der Waals surface area (Å²) >= 11 is 0. The van der Waals surface area contributed by atoms with Gasteiger partial charge in [0.1, 0.15) is 30.4 Å². The zero-order valence-electron chi connectivity index (χ0n) is 25.7. The number of aromatic nitrogens is 4. The minimum Gasteiger partial charge on any atom is -0.475 e. The minimum atomic E-state index is -0.600. The van der Waals surface area contributed by atoms with E-state index in [1.165, 1.54) is 0 Å². The number of hydrogen-bond acceptors (Lipinski definition) is 10. The summed E-state index contributed by atoms with van der Waals surface area (Å²) in [6.07, 6.45) is 1.91. The van der Waals surface area contributed by atoms with Crippen molar-refractivity contribution in [2.24, 2.45) is 12.0 Å². The lowest BCUT2D eigenvalue weighted by Gasteiger charge is -2.21. The Bertz CT molecular complexity index is 1990. The highest BCUT2D eigenvalue weighted by molar-refractivity contribution is 6.01. The van der Waals surface area contributed by atoms with Crippen LogP contribution in [0.2, 0.25) is 0 Å². The van der Waals surface area contributed by atoms with Gasteiger partial charge in [0.25, 0.3) is 5.56 Å². The summed E-state index contributed by atoms with van der Waals surface area (Å²) < 4.78 is 13.3. The van der Waals surface area contributed by atoms with E-state index in [1.54, 1.807) is 35.0 Å². The van der Waals surface area contributed by atoms with E-state index in [1.807, 2.05) is 66.7 Å². The van der Waals surface area contributed by atoms with Crippen LogP contribution in [0, 0.1) is 0 Å². The molecule has 1 fully saturated rings. The normalized spacial score (nSPS) is 17.8. The largest absolute Gasteiger partial charge is 0.475 e. The predicted molar refractivity (Wildman–Crippen MR) is 177 cm³/mol. The van der Waals surface area contributed by atoms with E-state index in [-0.39, 0.29) is 24.9 Å². The Balaban J connectivity index is 1.14. The molecule has 47 heavy (non-hydrogen) atoms. The second-order valence-corrected chi connectivity index (χ2v) is 11.7. The van der Waals surface area contributed by atoms with Crippen molar-refractivity contribution in [1.82, 2.24) is 24.6 Å². The second kappa shape index (κ2) is 12.6. The molecule has 13 nitrogen and oxygen atoms in total. The van der Waals surface area contributed by atoms with E-state index in [2.05, 4.69) is 25.7 Å². The topological polar surface area (TPSA) is 159 Å². The molecule has 5 heterocycles. The lowest BCUT2D eigenvalue weighted by Crippen LogP contribution is -2.36. The molecule has 0 radical (unpaired) electrons. The van der Waals surface area contributed by atoms with Gasteiger partial charge in [0.2, 0.25) is 5.90 Å². The highest BCUT2D eigenvalue weighted by Crippen LogP contribution is 2.35. The fraction of sp³-hybridized carbons (Fsp3) is 0.265. The number of aryl methyl sites for hydroxylation is 1. The fourth-order valence-electron chi connectivity index (χ4n) is 5.92. The maximum atomic E-state index is 12.9. The fourth-order valence-corrected chi connectivity index (χ4v) is 5.92. The molecule has 0 aliphatic carbocycles. The predicted octanol–water partition coefficient (Wildman–Crippen LogP) is 4.10. The van der Waals surface area contributed by atoms with Crippen molar-refractivity contribution in [2.75, 3.05) is 36.9 Å². The molecule has 1 spiro atoms. The molecule has 1 saturated heterocycles. The molecule has 1 amide bonds. The monoisotopic (exact) mass is 634 g/mol. The Labute approximate surface area is 269 Å². The lowest BCUT2D eigenvalue weighted by molar-refractivity contribution is 0.101. The van der Waals surface area contributed by atoms with E-state index in [4.69, 9.17) is 14.5 Å². The summed E-state index contributed by atoms with van der Waals surface area (Å²) in [5, 5.41) is 20.2. The Morgan fingerprint density at radius 2 is 1.89 bits per heavy atom. The van der Waals surface area contributed by atoms with Gasteiger partial charge in [-0.15, -0.1) is 0 Å². The first-order valence-electron chi connectivity index (χ1n) is 15.3. The quantitative estimate of drug-likeness (QED) is 0.187. The summed E-state index contributed by atoms with van der Waals surface area (Å²) in [5.41, 5.74) is 2.77. The Morgan fingerprint density at radius 3 is 2.68 bits per heavy atom. The van der Waals surface area contributed by atoms with Crippen molar-refractivity contribution < 1.29 is 19.4 Å². The number of likely N-dealkylation sites (tertiary alicyclic amines) is 1. The number of nitrogens with one attached hydrogen (secondary N) is 3. The van der Waals surface area contributed by atoms with Crippen LogP contribution in [-0.4, -0.2) is 73.6 Å². The number of nitrogens with zero attached hydrogens (tertiary/aromatic N) is 5. The number of aliphatic hydroxyl groups is 1. The van der Waals surface area contributed by atoms with Crippen LogP contribution in [-0.2, 0) is 23.1 Å². The SMILES string of the molecule is Cn1[nH]c(=O)c2ccc(Nc3cc(N[C@H](CO)c4ccccc4)c(C4=N[C@]5(CCN(C(=O)OCc6ccccc6)C5)CO4)cn3)nc21. The molecule has 2 aliphatic heterocycles. The number of ether oxygens (including phenoxy) is 2. The third-order valence-electron chi connectivity index (χ3n) is 8.42. The number of carbonyl (C=O) groups is 1. The molecule has 3 aromatic heterocycles. The number of carbonyl (C=O) groups excluding carboxylic acids is 1. The number of aliphatic hydroxyl groups excluding tert-OH is 1. The van der Waals surface area contributed by atoms with Gasteiger partial charge >= 0.3 is 6.09 Å². The molecule has 0 saturated carbocycles. The van der Waals surface area contributed by atoms with Crippen molar-refractivity contribution in [3.8, 4) is 0 Å². The highest BCUT2D eigenvalue weighted by atomic mass is 16.6. The summed E-state index contributed by atoms with van der Waals surface area (Å²) in [4.78, 5) is 40.9. The maximum Gasteiger partial charge on any atom is 0.410 e. The van der Waals surface area contributed by atoms with Gasteiger partial charge in [0, 0.05) is 25.9 Å². The molecule has 2 aromatic carbocycles. The van der Waals surface area contributed by atoms with E-state index in [9.17, 15) is 14.7 Å². The van der Waals surface area contributed by atoms with Crippen molar-refractivity contribution in [1.29, 1.82) is 0 Å². The van der Waals surface area contributed by atoms with Crippen LogP contribution >= 0.6 is 0 Å². The molecule has 5 aromatic rings. The summed E-state index contributed by atoms with van der Waals surface area (Å²) in [6.45, 7) is 1.23. The number of benzene rings is 2. The van der Waals surface area contributed by atoms with E-state index < -0.39 is 11.6 Å². The average Bonchev–Trinajstić information content (AvgIpc) is 3.80. The van der Waals surface area contributed by atoms with Crippen LogP contribution in [0.4, 0.5) is 22.1 Å². The number of rotatable bonds is 9. The molecule has 0 bridgehead atoms. The van der Waals surface area contributed by atoms with Crippen LogP contribution < -0.4 is 16.2 Å². The Kier molecular flexibility index (Phi) is 8.04. The van der Waals surface area contributed by atoms with Gasteiger partial charge < -0.3 is 30.1 Å². The van der Waals surface area contributed by atoms with Crippen LogP contribution in [0.5, 0.6) is 0 Å². The van der Waals surface area contributed by atoms with Crippen molar-refractivity contribution in [3.63, 3.8) is 0 Å². The van der Waals surface area contributed by atoms with Gasteiger partial charge in [0.05, 0.1) is 35.8 Å². The minimum absolute atomic E-state index is 0.161. The van der Waals surface area contributed by atoms with Gasteiger partial charge in [-0.1, -0.05) is 60.7 Å². The van der Waals surface area contributed by atoms with E-state index >= 15 is 0 Å². The summed E-state index contributed by atoms with van der Waals surface area (Å²) in [5.74, 6) is 1.38. The molecular weight excluding hydrogens is 600 g/mol. The van der Waals surface area contributed by atoms with E-state index in [0.717, 1.165) is 11.1 Å². The molecule has 0 unspecified atom stereocenters. The number of pyridine rings is 2. The summed E-state index contributed by atoms with van der Waals surface area (Å²) in [7, 11) is 1.72. The zero-order valence-corrected chi connectivity index (χ0v) is 25.7. The van der Waals surface area contributed by atoms with Crippen molar-refractivity contribution in [3.05, 3.63) is 112 Å². The zero-order chi connectivity index (χ0) is 32.4. The molecule has 7 rings (SSSR count). The van der Waals surface area contributed by atoms with Crippen molar-refractivity contribution in [2.45, 2.75) is 24.6 Å². The van der Waals surface area contributed by atoms with Crippen LogP contribution in [0.3, 0.4) is 0 Å². The first kappa shape index (κ1) is 30.0. The molecular formula is C34H34N8O5. The third-order valence-corrected chi connectivity index (χ3v) is 8.42. The number of aliphatic imine (C=N–C) groups is 1. The molecule has 240 valence electrons. The summed E-state index contributed by atoms with van der Waals surface area (Å²) in [6, 6.07) is 24.0. The van der Waals surface area contributed by atoms with Gasteiger partial charge in [0.15, 0.2) is 5.65 Å². The first-order valence-corrected chi connectivity index (χ1v) is 15.3. The number of aromatic amines is 1. The van der Waals surface area contributed by atoms with Crippen molar-refractivity contribution >= 4 is 40.3 Å². The molecule has 2 aliphatic rings. The Morgan fingerprint density at radius 1 is 1.11 bits per heavy atom. The van der Waals surface area contributed by atoms with Crippen LogP contribution in [0.1, 0.15) is 29.2 Å². The number of amides is 1. The van der Waals surface area contributed by atoms with E-state index in [0.29, 0.717) is 65.9 Å². The third kappa shape index (κ3) is 6.25. The molecule has 13 heteroatoms.